The number of hydrogen-bond acceptors (Lipinski definition) is 2. The first kappa shape index (κ1) is 18.8. The lowest BCUT2D eigenvalue weighted by Crippen LogP contribution is -2.36. The highest BCUT2D eigenvalue weighted by Gasteiger charge is 2.19. The normalized spacial score (nSPS) is 15.3. The molecule has 0 bridgehead atoms. The fraction of sp³-hybridized carbons (Fsp3) is 0.579. The Labute approximate surface area is 149 Å². The number of carbonyl (C=O) groups is 2. The lowest BCUT2D eigenvalue weighted by Gasteiger charge is -2.23. The van der Waals surface area contributed by atoms with E-state index < -0.39 is 0 Å². The Hall–Kier alpha value is -1.55. The van der Waals surface area contributed by atoms with Crippen LogP contribution in [0.15, 0.2) is 18.2 Å². The van der Waals surface area contributed by atoms with Gasteiger partial charge in [-0.25, -0.2) is 0 Å². The summed E-state index contributed by atoms with van der Waals surface area (Å²) in [5.41, 5.74) is 1.04. The molecule has 0 unspecified atom stereocenters. The van der Waals surface area contributed by atoms with Crippen molar-refractivity contribution in [1.82, 2.24) is 5.32 Å². The van der Waals surface area contributed by atoms with Gasteiger partial charge in [-0.2, -0.15) is 0 Å². The molecule has 1 aliphatic carbocycles. The minimum absolute atomic E-state index is 0.0409. The van der Waals surface area contributed by atoms with Crippen molar-refractivity contribution in [3.05, 3.63) is 28.8 Å². The molecule has 1 aromatic carbocycles. The molecule has 1 aromatic rings. The summed E-state index contributed by atoms with van der Waals surface area (Å²) >= 11 is 6.18. The van der Waals surface area contributed by atoms with Crippen LogP contribution in [0, 0.1) is 5.92 Å². The van der Waals surface area contributed by atoms with Crippen LogP contribution < -0.4 is 10.6 Å². The largest absolute Gasteiger partial charge is 0.349 e. The van der Waals surface area contributed by atoms with E-state index >= 15 is 0 Å². The van der Waals surface area contributed by atoms with Crippen molar-refractivity contribution in [3.63, 3.8) is 0 Å². The summed E-state index contributed by atoms with van der Waals surface area (Å²) < 4.78 is 0. The van der Waals surface area contributed by atoms with Gasteiger partial charge >= 0.3 is 0 Å². The van der Waals surface area contributed by atoms with E-state index in [-0.39, 0.29) is 23.8 Å². The van der Waals surface area contributed by atoms with E-state index in [2.05, 4.69) is 10.6 Å². The zero-order valence-corrected chi connectivity index (χ0v) is 15.3. The molecule has 24 heavy (non-hydrogen) atoms. The minimum atomic E-state index is -0.100. The zero-order valence-electron chi connectivity index (χ0n) is 14.5. The Kier molecular flexibility index (Phi) is 7.10. The molecule has 0 spiro atoms. The van der Waals surface area contributed by atoms with E-state index in [4.69, 9.17) is 11.6 Å². The summed E-state index contributed by atoms with van der Waals surface area (Å²) in [4.78, 5) is 24.7. The van der Waals surface area contributed by atoms with E-state index in [0.717, 1.165) is 25.7 Å². The first-order chi connectivity index (χ1) is 11.5. The van der Waals surface area contributed by atoms with Crippen LogP contribution in [0.3, 0.4) is 0 Å². The van der Waals surface area contributed by atoms with Crippen LogP contribution in [0.4, 0.5) is 5.69 Å². The van der Waals surface area contributed by atoms with Gasteiger partial charge in [-0.15, -0.1) is 0 Å². The van der Waals surface area contributed by atoms with Gasteiger partial charge in [0.2, 0.25) is 5.91 Å². The number of benzene rings is 1. The molecule has 1 fully saturated rings. The van der Waals surface area contributed by atoms with Crippen LogP contribution in [0.25, 0.3) is 0 Å². The van der Waals surface area contributed by atoms with Crippen molar-refractivity contribution in [3.8, 4) is 0 Å². The molecule has 2 rings (SSSR count). The second-order valence-electron chi connectivity index (χ2n) is 6.51. The van der Waals surface area contributed by atoms with Gasteiger partial charge in [-0.05, 0) is 43.9 Å². The Morgan fingerprint density at radius 3 is 2.46 bits per heavy atom. The van der Waals surface area contributed by atoms with Gasteiger partial charge in [-0.3, -0.25) is 9.59 Å². The van der Waals surface area contributed by atoms with E-state index in [9.17, 15) is 9.59 Å². The van der Waals surface area contributed by atoms with Crippen LogP contribution in [0.1, 0.15) is 69.2 Å². The summed E-state index contributed by atoms with van der Waals surface area (Å²) in [5, 5.41) is 6.39. The Balaban J connectivity index is 2.06. The van der Waals surface area contributed by atoms with Crippen LogP contribution >= 0.6 is 11.6 Å². The lowest BCUT2D eigenvalue weighted by molar-refractivity contribution is -0.120. The van der Waals surface area contributed by atoms with Crippen molar-refractivity contribution in [1.29, 1.82) is 0 Å². The topological polar surface area (TPSA) is 58.2 Å². The standard InChI is InChI=1S/C19H27ClN2O2/c1-3-13(4-2)18(23)22-17-12-14(10-11-16(17)20)19(24)21-15-8-6-5-7-9-15/h10-13,15H,3-9H2,1-2H3,(H,21,24)(H,22,23). The third-order valence-electron chi connectivity index (χ3n) is 4.78. The predicted octanol–water partition coefficient (Wildman–Crippen LogP) is 4.78. The molecule has 5 heteroatoms. The van der Waals surface area contributed by atoms with Gasteiger partial charge in [0.05, 0.1) is 10.7 Å². The molecule has 0 aliphatic heterocycles. The highest BCUT2D eigenvalue weighted by atomic mass is 35.5. The van der Waals surface area contributed by atoms with Gasteiger partial charge < -0.3 is 10.6 Å². The van der Waals surface area contributed by atoms with E-state index in [1.165, 1.54) is 19.3 Å². The summed E-state index contributed by atoms with van der Waals surface area (Å²) in [6, 6.07) is 5.29. The first-order valence-electron chi connectivity index (χ1n) is 8.96. The maximum absolute atomic E-state index is 12.4. The molecule has 0 saturated heterocycles. The van der Waals surface area contributed by atoms with Crippen LogP contribution in [0.5, 0.6) is 0 Å². The summed E-state index contributed by atoms with van der Waals surface area (Å²) in [5.74, 6) is -0.191. The van der Waals surface area contributed by atoms with E-state index in [0.29, 0.717) is 16.3 Å². The Morgan fingerprint density at radius 1 is 1.17 bits per heavy atom. The van der Waals surface area contributed by atoms with Crippen molar-refractivity contribution in [2.45, 2.75) is 64.8 Å². The third kappa shape index (κ3) is 4.97. The van der Waals surface area contributed by atoms with Crippen molar-refractivity contribution >= 4 is 29.1 Å². The SMILES string of the molecule is CCC(CC)C(=O)Nc1cc(C(=O)NC2CCCCC2)ccc1Cl. The average Bonchev–Trinajstić information content (AvgIpc) is 2.58. The molecule has 0 heterocycles. The predicted molar refractivity (Wildman–Crippen MR) is 98.5 cm³/mol. The highest BCUT2D eigenvalue weighted by Crippen LogP contribution is 2.25. The molecule has 2 amide bonds. The molecule has 0 atom stereocenters. The Bertz CT molecular complexity index is 579. The average molecular weight is 351 g/mol. The second-order valence-corrected chi connectivity index (χ2v) is 6.91. The van der Waals surface area contributed by atoms with Gasteiger partial charge in [0, 0.05) is 17.5 Å². The van der Waals surface area contributed by atoms with Gasteiger partial charge in [-0.1, -0.05) is 44.7 Å². The zero-order chi connectivity index (χ0) is 17.5. The van der Waals surface area contributed by atoms with Crippen LogP contribution in [0.2, 0.25) is 5.02 Å². The van der Waals surface area contributed by atoms with Crippen molar-refractivity contribution < 1.29 is 9.59 Å². The van der Waals surface area contributed by atoms with Gasteiger partial charge in [0.15, 0.2) is 0 Å². The number of hydrogen-bond donors (Lipinski definition) is 2. The molecule has 4 nitrogen and oxygen atoms in total. The van der Waals surface area contributed by atoms with Gasteiger partial charge in [0.25, 0.3) is 5.91 Å². The number of rotatable bonds is 6. The molecule has 0 radical (unpaired) electrons. The van der Waals surface area contributed by atoms with E-state index in [1.54, 1.807) is 18.2 Å². The number of halogens is 1. The van der Waals surface area contributed by atoms with Crippen LogP contribution in [-0.2, 0) is 4.79 Å². The molecular weight excluding hydrogens is 324 g/mol. The second kappa shape index (κ2) is 9.07. The fourth-order valence-electron chi connectivity index (χ4n) is 3.17. The molecule has 1 saturated carbocycles. The van der Waals surface area contributed by atoms with Crippen molar-refractivity contribution in [2.75, 3.05) is 5.32 Å². The molecule has 2 N–H and O–H groups in total. The third-order valence-corrected chi connectivity index (χ3v) is 5.11. The quantitative estimate of drug-likeness (QED) is 0.775. The summed E-state index contributed by atoms with van der Waals surface area (Å²) in [6.45, 7) is 3.98. The fourth-order valence-corrected chi connectivity index (χ4v) is 3.34. The lowest BCUT2D eigenvalue weighted by atomic mass is 9.95. The number of amides is 2. The number of carbonyl (C=O) groups excluding carboxylic acids is 2. The van der Waals surface area contributed by atoms with Crippen LogP contribution in [-0.4, -0.2) is 17.9 Å². The molecule has 0 aromatic heterocycles. The maximum Gasteiger partial charge on any atom is 0.251 e. The molecule has 132 valence electrons. The molecular formula is C19H27ClN2O2. The monoisotopic (exact) mass is 350 g/mol. The highest BCUT2D eigenvalue weighted by molar-refractivity contribution is 6.33. The van der Waals surface area contributed by atoms with E-state index in [1.807, 2.05) is 13.8 Å². The number of anilines is 1. The van der Waals surface area contributed by atoms with Crippen molar-refractivity contribution in [2.24, 2.45) is 5.92 Å². The smallest absolute Gasteiger partial charge is 0.251 e. The van der Waals surface area contributed by atoms with Gasteiger partial charge in [0.1, 0.15) is 0 Å². The number of nitrogens with one attached hydrogen (secondary N) is 2. The summed E-state index contributed by atoms with van der Waals surface area (Å²) in [7, 11) is 0. The first-order valence-corrected chi connectivity index (χ1v) is 9.34. The minimum Gasteiger partial charge on any atom is -0.349 e. The maximum atomic E-state index is 12.4. The Morgan fingerprint density at radius 2 is 1.83 bits per heavy atom. The summed E-state index contributed by atoms with van der Waals surface area (Å²) in [6.07, 6.45) is 7.23. The molecule has 1 aliphatic rings.